The Balaban J connectivity index is 1.57. The first-order valence-electron chi connectivity index (χ1n) is 9.14. The summed E-state index contributed by atoms with van der Waals surface area (Å²) in [5.41, 5.74) is 4.65. The molecule has 4 aromatic rings. The van der Waals surface area contributed by atoms with Crippen LogP contribution in [0.4, 0.5) is 5.69 Å². The van der Waals surface area contributed by atoms with Gasteiger partial charge in [-0.25, -0.2) is 4.98 Å². The Morgan fingerprint density at radius 1 is 1.07 bits per heavy atom. The van der Waals surface area contributed by atoms with Gasteiger partial charge in [0.05, 0.1) is 6.61 Å². The molecule has 0 unspecified atom stereocenters. The van der Waals surface area contributed by atoms with Gasteiger partial charge >= 0.3 is 0 Å². The number of oxazole rings is 1. The molecule has 4 rings (SSSR count). The largest absolute Gasteiger partial charge is 0.494 e. The van der Waals surface area contributed by atoms with Gasteiger partial charge in [-0.2, -0.15) is 0 Å². The van der Waals surface area contributed by atoms with Crippen LogP contribution < -0.4 is 10.1 Å². The van der Waals surface area contributed by atoms with Crippen LogP contribution in [0.1, 0.15) is 22.8 Å². The molecule has 0 atom stereocenters. The zero-order valence-corrected chi connectivity index (χ0v) is 15.7. The molecule has 0 radical (unpaired) electrons. The molecule has 0 saturated heterocycles. The van der Waals surface area contributed by atoms with E-state index in [2.05, 4.69) is 10.3 Å². The molecular formula is C23H20N2O3. The highest BCUT2D eigenvalue weighted by Gasteiger charge is 2.11. The highest BCUT2D eigenvalue weighted by molar-refractivity contribution is 6.05. The lowest BCUT2D eigenvalue weighted by Crippen LogP contribution is -2.11. The number of nitrogens with zero attached hydrogens (tertiary/aromatic N) is 1. The van der Waals surface area contributed by atoms with E-state index in [0.717, 1.165) is 5.56 Å². The number of hydrogen-bond donors (Lipinski definition) is 1. The van der Waals surface area contributed by atoms with E-state index in [1.54, 1.807) is 30.3 Å². The van der Waals surface area contributed by atoms with Crippen molar-refractivity contribution in [3.05, 3.63) is 77.9 Å². The molecule has 140 valence electrons. The van der Waals surface area contributed by atoms with Crippen LogP contribution in [-0.4, -0.2) is 17.5 Å². The molecule has 0 fully saturated rings. The summed E-state index contributed by atoms with van der Waals surface area (Å²) in [4.78, 5) is 17.1. The first kappa shape index (κ1) is 17.8. The molecular weight excluding hydrogens is 352 g/mol. The summed E-state index contributed by atoms with van der Waals surface area (Å²) in [6.45, 7) is 4.50. The summed E-state index contributed by atoms with van der Waals surface area (Å²) in [5, 5.41) is 2.90. The van der Waals surface area contributed by atoms with Crippen molar-refractivity contribution in [2.75, 3.05) is 11.9 Å². The van der Waals surface area contributed by atoms with E-state index in [-0.39, 0.29) is 5.91 Å². The van der Waals surface area contributed by atoms with E-state index < -0.39 is 0 Å². The van der Waals surface area contributed by atoms with Crippen LogP contribution in [-0.2, 0) is 0 Å². The van der Waals surface area contributed by atoms with Crippen molar-refractivity contribution in [2.45, 2.75) is 13.8 Å². The van der Waals surface area contributed by atoms with Crippen LogP contribution >= 0.6 is 0 Å². The van der Waals surface area contributed by atoms with Crippen LogP contribution in [0.15, 0.2) is 71.1 Å². The summed E-state index contributed by atoms with van der Waals surface area (Å²) < 4.78 is 11.3. The smallest absolute Gasteiger partial charge is 0.255 e. The van der Waals surface area contributed by atoms with Crippen molar-refractivity contribution >= 4 is 22.7 Å². The number of rotatable bonds is 5. The fourth-order valence-electron chi connectivity index (χ4n) is 2.92. The molecule has 1 amide bonds. The molecule has 5 heteroatoms. The van der Waals surface area contributed by atoms with Crippen molar-refractivity contribution in [1.82, 2.24) is 4.98 Å². The fraction of sp³-hybridized carbons (Fsp3) is 0.130. The highest BCUT2D eigenvalue weighted by Crippen LogP contribution is 2.26. The molecule has 0 aliphatic carbocycles. The van der Waals surface area contributed by atoms with Crippen LogP contribution in [0, 0.1) is 6.92 Å². The van der Waals surface area contributed by atoms with E-state index in [1.165, 1.54) is 5.56 Å². The summed E-state index contributed by atoms with van der Waals surface area (Å²) in [6, 6.07) is 20.5. The van der Waals surface area contributed by atoms with Crippen LogP contribution in [0.25, 0.3) is 22.6 Å². The lowest BCUT2D eigenvalue weighted by Gasteiger charge is -2.07. The number of benzene rings is 3. The molecule has 0 aliphatic heterocycles. The maximum Gasteiger partial charge on any atom is 0.255 e. The second kappa shape index (κ2) is 7.56. The molecule has 0 saturated carbocycles. The van der Waals surface area contributed by atoms with Crippen LogP contribution in [0.3, 0.4) is 0 Å². The van der Waals surface area contributed by atoms with Gasteiger partial charge in [-0.1, -0.05) is 23.8 Å². The normalized spacial score (nSPS) is 10.8. The Kier molecular flexibility index (Phi) is 4.81. The van der Waals surface area contributed by atoms with Gasteiger partial charge < -0.3 is 14.5 Å². The van der Waals surface area contributed by atoms with Gasteiger partial charge in [-0.05, 0) is 62.4 Å². The average molecular weight is 372 g/mol. The number of aryl methyl sites for hydroxylation is 1. The van der Waals surface area contributed by atoms with Gasteiger partial charge in [0, 0.05) is 16.8 Å². The fourth-order valence-corrected chi connectivity index (χ4v) is 2.92. The Morgan fingerprint density at radius 3 is 2.68 bits per heavy atom. The standard InChI is InChI=1S/C23H20N2O3/c1-3-27-19-6-4-5-17(13-19)22(26)24-18-11-12-21-20(14-18)25-23(28-21)16-9-7-15(2)8-10-16/h4-14H,3H2,1-2H3,(H,24,26). The monoisotopic (exact) mass is 372 g/mol. The number of nitrogens with one attached hydrogen (secondary N) is 1. The topological polar surface area (TPSA) is 64.4 Å². The Labute approximate surface area is 163 Å². The van der Waals surface area contributed by atoms with Crippen molar-refractivity contribution in [3.63, 3.8) is 0 Å². The average Bonchev–Trinajstić information content (AvgIpc) is 3.12. The van der Waals surface area contributed by atoms with E-state index in [0.29, 0.717) is 40.6 Å². The zero-order valence-electron chi connectivity index (χ0n) is 15.7. The van der Waals surface area contributed by atoms with Crippen LogP contribution in [0.2, 0.25) is 0 Å². The van der Waals surface area contributed by atoms with E-state index in [9.17, 15) is 4.79 Å². The van der Waals surface area contributed by atoms with Gasteiger partial charge in [0.25, 0.3) is 5.91 Å². The first-order valence-corrected chi connectivity index (χ1v) is 9.14. The number of carbonyl (C=O) groups is 1. The van der Waals surface area contributed by atoms with Crippen molar-refractivity contribution in [2.24, 2.45) is 0 Å². The predicted molar refractivity (Wildman–Crippen MR) is 110 cm³/mol. The molecule has 5 nitrogen and oxygen atoms in total. The number of carbonyl (C=O) groups excluding carboxylic acids is 1. The van der Waals surface area contributed by atoms with Crippen molar-refractivity contribution < 1.29 is 13.9 Å². The summed E-state index contributed by atoms with van der Waals surface area (Å²) >= 11 is 0. The number of ether oxygens (including phenoxy) is 1. The summed E-state index contributed by atoms with van der Waals surface area (Å²) in [7, 11) is 0. The molecule has 1 heterocycles. The third kappa shape index (κ3) is 3.74. The van der Waals surface area contributed by atoms with Gasteiger partial charge in [-0.15, -0.1) is 0 Å². The molecule has 1 aromatic heterocycles. The lowest BCUT2D eigenvalue weighted by molar-refractivity contribution is 0.102. The predicted octanol–water partition coefficient (Wildman–Crippen LogP) is 5.45. The van der Waals surface area contributed by atoms with E-state index in [1.807, 2.05) is 50.2 Å². The molecule has 0 bridgehead atoms. The number of hydrogen-bond acceptors (Lipinski definition) is 4. The second-order valence-corrected chi connectivity index (χ2v) is 6.48. The van der Waals surface area contributed by atoms with E-state index >= 15 is 0 Å². The quantitative estimate of drug-likeness (QED) is 0.506. The number of anilines is 1. The minimum atomic E-state index is -0.205. The van der Waals surface area contributed by atoms with Gasteiger partial charge in [0.15, 0.2) is 5.58 Å². The minimum Gasteiger partial charge on any atom is -0.494 e. The van der Waals surface area contributed by atoms with E-state index in [4.69, 9.17) is 9.15 Å². The van der Waals surface area contributed by atoms with Gasteiger partial charge in [0.1, 0.15) is 11.3 Å². The second-order valence-electron chi connectivity index (χ2n) is 6.48. The first-order chi connectivity index (χ1) is 13.6. The van der Waals surface area contributed by atoms with Gasteiger partial charge in [0.2, 0.25) is 5.89 Å². The molecule has 0 aliphatic rings. The summed E-state index contributed by atoms with van der Waals surface area (Å²) in [5.74, 6) is 1.02. The maximum atomic E-state index is 12.6. The molecule has 3 aromatic carbocycles. The summed E-state index contributed by atoms with van der Waals surface area (Å²) in [6.07, 6.45) is 0. The van der Waals surface area contributed by atoms with Crippen LogP contribution in [0.5, 0.6) is 5.75 Å². The van der Waals surface area contributed by atoms with Gasteiger partial charge in [-0.3, -0.25) is 4.79 Å². The third-order valence-corrected chi connectivity index (χ3v) is 4.35. The number of fused-ring (bicyclic) bond motifs is 1. The Hall–Kier alpha value is -3.60. The lowest BCUT2D eigenvalue weighted by atomic mass is 10.1. The Bertz CT molecular complexity index is 1130. The number of amides is 1. The molecule has 28 heavy (non-hydrogen) atoms. The van der Waals surface area contributed by atoms with Crippen molar-refractivity contribution in [1.29, 1.82) is 0 Å². The van der Waals surface area contributed by atoms with Crippen molar-refractivity contribution in [3.8, 4) is 17.2 Å². The zero-order chi connectivity index (χ0) is 19.5. The Morgan fingerprint density at radius 2 is 1.89 bits per heavy atom. The maximum absolute atomic E-state index is 12.6. The molecule has 1 N–H and O–H groups in total. The SMILES string of the molecule is CCOc1cccc(C(=O)Nc2ccc3oc(-c4ccc(C)cc4)nc3c2)c1. The molecule has 0 spiro atoms. The third-order valence-electron chi connectivity index (χ3n) is 4.35. The minimum absolute atomic E-state index is 0.205. The highest BCUT2D eigenvalue weighted by atomic mass is 16.5. The number of aromatic nitrogens is 1.